The molecular weight excluding hydrogens is 372 g/mol. The van der Waals surface area contributed by atoms with E-state index in [-0.39, 0.29) is 2.65 Å². The molecule has 0 heterocycles. The van der Waals surface area contributed by atoms with E-state index in [1.807, 2.05) is 0 Å². The summed E-state index contributed by atoms with van der Waals surface area (Å²) in [5.41, 5.74) is 0. The minimum absolute atomic E-state index is 0.271. The molecule has 0 nitrogen and oxygen atoms in total. The SMILES string of the molecule is BrC(Br)Br.c1ccc2ccccc2c1. The molecule has 0 saturated carbocycles. The van der Waals surface area contributed by atoms with E-state index in [9.17, 15) is 0 Å². The summed E-state index contributed by atoms with van der Waals surface area (Å²) >= 11 is 9.31. The lowest BCUT2D eigenvalue weighted by Crippen LogP contribution is -1.67. The van der Waals surface area contributed by atoms with Gasteiger partial charge in [-0.1, -0.05) is 96.3 Å². The molecule has 0 atom stereocenters. The summed E-state index contributed by atoms with van der Waals surface area (Å²) in [5.74, 6) is 0. The average Bonchev–Trinajstić information content (AvgIpc) is 2.17. The Labute approximate surface area is 109 Å². The van der Waals surface area contributed by atoms with Crippen molar-refractivity contribution in [2.45, 2.75) is 2.65 Å². The average molecular weight is 381 g/mol. The zero-order valence-electron chi connectivity index (χ0n) is 7.33. The van der Waals surface area contributed by atoms with Gasteiger partial charge in [0.15, 0.2) is 0 Å². The van der Waals surface area contributed by atoms with Crippen molar-refractivity contribution in [2.24, 2.45) is 0 Å². The molecule has 0 saturated heterocycles. The van der Waals surface area contributed by atoms with Crippen LogP contribution in [-0.2, 0) is 0 Å². The van der Waals surface area contributed by atoms with Crippen LogP contribution in [-0.4, -0.2) is 2.65 Å². The van der Waals surface area contributed by atoms with Crippen molar-refractivity contribution in [3.8, 4) is 0 Å². The van der Waals surface area contributed by atoms with Crippen molar-refractivity contribution in [1.29, 1.82) is 0 Å². The topological polar surface area (TPSA) is 0 Å². The van der Waals surface area contributed by atoms with Gasteiger partial charge in [-0.15, -0.1) is 0 Å². The molecule has 0 fully saturated rings. The second-order valence-electron chi connectivity index (χ2n) is 2.59. The van der Waals surface area contributed by atoms with Gasteiger partial charge in [0.05, 0.1) is 0 Å². The second-order valence-corrected chi connectivity index (χ2v) is 9.03. The van der Waals surface area contributed by atoms with Gasteiger partial charge in [-0.25, -0.2) is 0 Å². The molecule has 2 rings (SSSR count). The number of rotatable bonds is 0. The van der Waals surface area contributed by atoms with Crippen LogP contribution in [0, 0.1) is 0 Å². The van der Waals surface area contributed by atoms with Gasteiger partial charge in [-0.05, 0) is 10.8 Å². The standard InChI is InChI=1S/C10H8.CHBr3/c1-2-6-10-8-4-3-7-9(10)5-1;2-1(3)4/h1-8H;1H. The molecule has 2 aromatic rings. The van der Waals surface area contributed by atoms with Gasteiger partial charge in [0, 0.05) is 0 Å². The lowest BCUT2D eigenvalue weighted by atomic mass is 10.1. The van der Waals surface area contributed by atoms with Crippen LogP contribution in [0.2, 0.25) is 0 Å². The number of hydrogen-bond donors (Lipinski definition) is 0. The molecule has 74 valence electrons. The number of hydrogen-bond acceptors (Lipinski definition) is 0. The van der Waals surface area contributed by atoms with Crippen LogP contribution in [0.25, 0.3) is 10.8 Å². The van der Waals surface area contributed by atoms with Crippen LogP contribution in [0.3, 0.4) is 0 Å². The van der Waals surface area contributed by atoms with E-state index in [0.29, 0.717) is 0 Å². The third-order valence-electron chi connectivity index (χ3n) is 1.66. The molecule has 2 aromatic carbocycles. The fraction of sp³-hybridized carbons (Fsp3) is 0.0909. The maximum Gasteiger partial charge on any atom is 0.124 e. The highest BCUT2D eigenvalue weighted by molar-refractivity contribution is 9.38. The molecule has 0 spiro atoms. The maximum atomic E-state index is 3.10. The Balaban J connectivity index is 0.000000213. The van der Waals surface area contributed by atoms with Crippen LogP contribution in [0.4, 0.5) is 0 Å². The molecule has 0 aliphatic carbocycles. The summed E-state index contributed by atoms with van der Waals surface area (Å²) in [6.45, 7) is 0. The van der Waals surface area contributed by atoms with Gasteiger partial charge in [-0.2, -0.15) is 0 Å². The van der Waals surface area contributed by atoms with Gasteiger partial charge in [-0.3, -0.25) is 0 Å². The molecule has 0 aromatic heterocycles. The van der Waals surface area contributed by atoms with Crippen LogP contribution >= 0.6 is 47.8 Å². The number of fused-ring (bicyclic) bond motifs is 1. The molecule has 0 aliphatic rings. The van der Waals surface area contributed by atoms with Crippen LogP contribution in [0.5, 0.6) is 0 Å². The Kier molecular flexibility index (Phi) is 5.75. The molecule has 0 amide bonds. The molecule has 0 unspecified atom stereocenters. The van der Waals surface area contributed by atoms with Crippen LogP contribution in [0.1, 0.15) is 0 Å². The fourth-order valence-electron chi connectivity index (χ4n) is 1.13. The summed E-state index contributed by atoms with van der Waals surface area (Å²) in [6.07, 6.45) is 0. The van der Waals surface area contributed by atoms with E-state index < -0.39 is 0 Å². The third kappa shape index (κ3) is 4.58. The Hall–Kier alpha value is 0.140. The largest absolute Gasteiger partial charge is 0.124 e. The van der Waals surface area contributed by atoms with Crippen LogP contribution < -0.4 is 0 Å². The first-order chi connectivity index (χ1) is 6.70. The zero-order valence-corrected chi connectivity index (χ0v) is 12.1. The van der Waals surface area contributed by atoms with Crippen molar-refractivity contribution in [2.75, 3.05) is 0 Å². The zero-order chi connectivity index (χ0) is 10.4. The van der Waals surface area contributed by atoms with E-state index >= 15 is 0 Å². The minimum Gasteiger partial charge on any atom is -0.0637 e. The number of halogens is 3. The van der Waals surface area contributed by atoms with E-state index in [0.717, 1.165) is 0 Å². The van der Waals surface area contributed by atoms with Crippen molar-refractivity contribution >= 4 is 58.6 Å². The fourth-order valence-corrected chi connectivity index (χ4v) is 1.13. The number of benzene rings is 2. The summed E-state index contributed by atoms with van der Waals surface area (Å²) in [5, 5.41) is 2.62. The summed E-state index contributed by atoms with van der Waals surface area (Å²) in [6, 6.07) is 16.7. The lowest BCUT2D eigenvalue weighted by molar-refractivity contribution is 1.75. The van der Waals surface area contributed by atoms with Gasteiger partial charge in [0.25, 0.3) is 0 Å². The highest BCUT2D eigenvalue weighted by Gasteiger charge is 1.85. The maximum absolute atomic E-state index is 3.10. The third-order valence-corrected chi connectivity index (χ3v) is 1.66. The molecule has 14 heavy (non-hydrogen) atoms. The molecule has 0 aliphatic heterocycles. The normalized spacial score (nSPS) is 9.71. The molecule has 0 N–H and O–H groups in total. The minimum atomic E-state index is 0.271. The Morgan fingerprint density at radius 1 is 0.643 bits per heavy atom. The monoisotopic (exact) mass is 378 g/mol. The summed E-state index contributed by atoms with van der Waals surface area (Å²) < 4.78 is 0.271. The second kappa shape index (κ2) is 6.59. The van der Waals surface area contributed by atoms with Gasteiger partial charge >= 0.3 is 0 Å². The lowest BCUT2D eigenvalue weighted by Gasteiger charge is -1.92. The van der Waals surface area contributed by atoms with Gasteiger partial charge < -0.3 is 0 Å². The van der Waals surface area contributed by atoms with E-state index in [2.05, 4.69) is 96.3 Å². The molecule has 3 heteroatoms. The number of alkyl halides is 3. The molecular formula is C11H9Br3. The Morgan fingerprint density at radius 2 is 0.857 bits per heavy atom. The van der Waals surface area contributed by atoms with Gasteiger partial charge in [0.1, 0.15) is 2.65 Å². The van der Waals surface area contributed by atoms with Crippen molar-refractivity contribution in [3.05, 3.63) is 48.5 Å². The summed E-state index contributed by atoms with van der Waals surface area (Å²) in [7, 11) is 0. The highest BCUT2D eigenvalue weighted by Crippen LogP contribution is 2.13. The first kappa shape index (κ1) is 12.2. The Bertz CT molecular complexity index is 317. The Morgan fingerprint density at radius 3 is 1.07 bits per heavy atom. The summed E-state index contributed by atoms with van der Waals surface area (Å²) in [4.78, 5) is 0. The predicted molar refractivity (Wildman–Crippen MR) is 74.5 cm³/mol. The predicted octanol–water partition coefficient (Wildman–Crippen LogP) is 5.29. The highest BCUT2D eigenvalue weighted by atomic mass is 80.0. The van der Waals surface area contributed by atoms with Crippen molar-refractivity contribution < 1.29 is 0 Å². The van der Waals surface area contributed by atoms with Crippen molar-refractivity contribution in [1.82, 2.24) is 0 Å². The van der Waals surface area contributed by atoms with Crippen molar-refractivity contribution in [3.63, 3.8) is 0 Å². The van der Waals surface area contributed by atoms with Gasteiger partial charge in [0.2, 0.25) is 0 Å². The van der Waals surface area contributed by atoms with E-state index in [1.165, 1.54) is 10.8 Å². The smallest absolute Gasteiger partial charge is 0.0637 e. The quantitative estimate of drug-likeness (QED) is 0.544. The first-order valence-corrected chi connectivity index (χ1v) is 6.81. The molecule has 0 radical (unpaired) electrons. The first-order valence-electron chi connectivity index (χ1n) is 4.06. The van der Waals surface area contributed by atoms with E-state index in [1.54, 1.807) is 0 Å². The molecule has 0 bridgehead atoms. The van der Waals surface area contributed by atoms with E-state index in [4.69, 9.17) is 0 Å². The van der Waals surface area contributed by atoms with Crippen LogP contribution in [0.15, 0.2) is 48.5 Å².